The topological polar surface area (TPSA) is 157 Å². The third-order valence-electron chi connectivity index (χ3n) is 13.0. The molecule has 1 saturated heterocycles. The average Bonchev–Trinajstić information content (AvgIpc) is 3.63. The Morgan fingerprint density at radius 2 is 1.88 bits per heavy atom. The first-order valence-corrected chi connectivity index (χ1v) is 25.2. The van der Waals surface area contributed by atoms with E-state index in [4.69, 9.17) is 35.8 Å². The van der Waals surface area contributed by atoms with E-state index in [-0.39, 0.29) is 67.5 Å². The van der Waals surface area contributed by atoms with Gasteiger partial charge in [0.15, 0.2) is 10.9 Å². The molecule has 2 aliphatic carbocycles. The number of nitrogens with zero attached hydrogens (tertiary/aromatic N) is 3. The van der Waals surface area contributed by atoms with Gasteiger partial charge in [-0.3, -0.25) is 18.9 Å². The number of Topliss-reactive ketones (excluding diaryl/α,β-unsaturated/α-hetero) is 1. The van der Waals surface area contributed by atoms with E-state index in [1.54, 1.807) is 31.4 Å². The van der Waals surface area contributed by atoms with Gasteiger partial charge >= 0.3 is 5.97 Å². The largest absolute Gasteiger partial charge is 0.497 e. The highest BCUT2D eigenvalue weighted by Gasteiger charge is 2.65. The molecular weight excluding hydrogens is 878 g/mol. The van der Waals surface area contributed by atoms with Gasteiger partial charge in [0.25, 0.3) is 0 Å². The number of hydrogen-bond donors (Lipinski definition) is 2. The van der Waals surface area contributed by atoms with Crippen molar-refractivity contribution in [3.63, 3.8) is 0 Å². The quantitative estimate of drug-likeness (QED) is 0.0556. The summed E-state index contributed by atoms with van der Waals surface area (Å²) in [5, 5.41) is 5.46. The van der Waals surface area contributed by atoms with Crippen LogP contribution in [0.5, 0.6) is 11.5 Å². The highest BCUT2D eigenvalue weighted by atomic mass is 35.5. The number of halogens is 2. The third-order valence-corrected chi connectivity index (χ3v) is 17.0. The number of ketones is 1. The van der Waals surface area contributed by atoms with Crippen LogP contribution in [0.2, 0.25) is 5.02 Å². The predicted octanol–water partition coefficient (Wildman–Crippen LogP) is 10.3. The molecule has 12 nitrogen and oxygen atoms in total. The second kappa shape index (κ2) is 19.2. The Kier molecular flexibility index (Phi) is 14.3. The summed E-state index contributed by atoms with van der Waals surface area (Å²) in [6, 6.07) is 10.6. The molecule has 2 N–H and O–H groups in total. The van der Waals surface area contributed by atoms with Gasteiger partial charge in [-0.25, -0.2) is 14.4 Å². The Morgan fingerprint density at radius 3 is 2.53 bits per heavy atom. The lowest BCUT2D eigenvalue weighted by molar-refractivity contribution is -0.156. The Hall–Kier alpha value is -4.36. The van der Waals surface area contributed by atoms with E-state index in [9.17, 15) is 23.4 Å². The summed E-state index contributed by atoms with van der Waals surface area (Å²) in [6.45, 7) is 13.6. The second-order valence-electron chi connectivity index (χ2n) is 18.9. The minimum absolute atomic E-state index is 0.00834. The maximum atomic E-state index is 15.0. The van der Waals surface area contributed by atoms with Crippen LogP contribution in [-0.4, -0.2) is 86.7 Å². The van der Waals surface area contributed by atoms with Crippen molar-refractivity contribution in [3.05, 3.63) is 76.9 Å². The molecular formula is C48H59ClFN4O8PS. The normalized spacial score (nSPS) is 22.6. The Labute approximate surface area is 383 Å². The number of hydrogen-bond acceptors (Lipinski definition) is 11. The lowest BCUT2D eigenvalue weighted by atomic mass is 9.77. The number of ether oxygens (including phenoxy) is 3. The van der Waals surface area contributed by atoms with Crippen LogP contribution in [0, 0.1) is 23.1 Å². The van der Waals surface area contributed by atoms with Gasteiger partial charge in [0, 0.05) is 58.5 Å². The van der Waals surface area contributed by atoms with Gasteiger partial charge in [-0.15, -0.1) is 17.9 Å². The van der Waals surface area contributed by atoms with Crippen molar-refractivity contribution >= 4 is 64.0 Å². The van der Waals surface area contributed by atoms with Crippen LogP contribution in [-0.2, 0) is 30.1 Å². The van der Waals surface area contributed by atoms with E-state index in [0.717, 1.165) is 30.8 Å². The summed E-state index contributed by atoms with van der Waals surface area (Å²) >= 11 is 7.75. The van der Waals surface area contributed by atoms with E-state index in [0.29, 0.717) is 33.8 Å². The van der Waals surface area contributed by atoms with E-state index in [1.165, 1.54) is 34.4 Å². The van der Waals surface area contributed by atoms with Crippen molar-refractivity contribution in [3.8, 4) is 22.9 Å². The van der Waals surface area contributed by atoms with E-state index in [2.05, 4.69) is 11.9 Å². The van der Waals surface area contributed by atoms with Gasteiger partial charge in [-0.05, 0) is 88.0 Å². The number of fused-ring (bicyclic) bond motifs is 1. The maximum Gasteiger partial charge on any atom is 0.306 e. The van der Waals surface area contributed by atoms with Crippen LogP contribution >= 0.6 is 30.3 Å². The lowest BCUT2D eigenvalue weighted by Gasteiger charge is -2.35. The van der Waals surface area contributed by atoms with Crippen LogP contribution in [0.25, 0.3) is 22.3 Å². The summed E-state index contributed by atoms with van der Waals surface area (Å²) in [7, 11) is -2.59. The molecule has 0 bridgehead atoms. The SMILES string of the molecule is C=C[C@@H]1C[C@]1(CC(=O)[C@@H]1C[C@@H](Oc2cc(-c3csc(NC(C)C)n3)nc3cc(OC)ccc23)CN1C(=O)[C@@H](CC(=O)OC1CCCC1)C(C)(C)C)P(=O)(O)CCc1c(F)cccc1Cl. The second-order valence-corrected chi connectivity index (χ2v) is 22.9. The van der Waals surface area contributed by atoms with Gasteiger partial charge in [-0.1, -0.05) is 44.5 Å². The number of anilines is 1. The van der Waals surface area contributed by atoms with Gasteiger partial charge in [0.1, 0.15) is 35.2 Å². The maximum absolute atomic E-state index is 15.0. The van der Waals surface area contributed by atoms with Crippen molar-refractivity contribution in [1.82, 2.24) is 14.9 Å². The molecule has 2 aromatic carbocycles. The van der Waals surface area contributed by atoms with E-state index < -0.39 is 65.4 Å². The van der Waals surface area contributed by atoms with Crippen LogP contribution in [0.3, 0.4) is 0 Å². The van der Waals surface area contributed by atoms with Crippen LogP contribution in [0.4, 0.5) is 9.52 Å². The molecule has 0 radical (unpaired) electrons. The van der Waals surface area contributed by atoms with Crippen molar-refractivity contribution in [2.75, 3.05) is 25.1 Å². The molecule has 1 unspecified atom stereocenters. The molecule has 4 aromatic rings. The Balaban J connectivity index is 1.21. The fourth-order valence-corrected chi connectivity index (χ4v) is 12.8. The number of nitrogens with one attached hydrogen (secondary N) is 1. The van der Waals surface area contributed by atoms with E-state index in [1.807, 2.05) is 46.1 Å². The van der Waals surface area contributed by atoms with Gasteiger partial charge in [0.2, 0.25) is 13.3 Å². The van der Waals surface area contributed by atoms with Gasteiger partial charge < -0.3 is 29.3 Å². The number of allylic oxidation sites excluding steroid dienone is 1. The zero-order valence-electron chi connectivity index (χ0n) is 37.4. The number of pyridine rings is 1. The van der Waals surface area contributed by atoms with Gasteiger partial charge in [-0.2, -0.15) is 0 Å². The monoisotopic (exact) mass is 936 g/mol. The first-order chi connectivity index (χ1) is 30.3. The highest BCUT2D eigenvalue weighted by molar-refractivity contribution is 7.60. The fourth-order valence-electron chi connectivity index (χ4n) is 9.25. The first kappa shape index (κ1) is 47.6. The number of benzene rings is 2. The van der Waals surface area contributed by atoms with Crippen molar-refractivity contribution in [2.24, 2.45) is 17.3 Å². The number of rotatable bonds is 18. The van der Waals surface area contributed by atoms with Crippen LogP contribution < -0.4 is 14.8 Å². The summed E-state index contributed by atoms with van der Waals surface area (Å²) in [4.78, 5) is 66.3. The predicted molar refractivity (Wildman–Crippen MR) is 249 cm³/mol. The molecule has 3 fully saturated rings. The minimum atomic E-state index is -4.16. The molecule has 6 atom stereocenters. The molecule has 3 heterocycles. The number of thiazole rings is 1. The van der Waals surface area contributed by atoms with Gasteiger partial charge in [0.05, 0.1) is 48.4 Å². The smallest absolute Gasteiger partial charge is 0.306 e. The fraction of sp³-hybridized carbons (Fsp3) is 0.521. The Morgan fingerprint density at radius 1 is 1.12 bits per heavy atom. The molecule has 64 heavy (non-hydrogen) atoms. The molecule has 2 aromatic heterocycles. The molecule has 16 heteroatoms. The minimum Gasteiger partial charge on any atom is -0.497 e. The zero-order chi connectivity index (χ0) is 46.1. The summed E-state index contributed by atoms with van der Waals surface area (Å²) in [6.07, 6.45) is 3.67. The highest BCUT2D eigenvalue weighted by Crippen LogP contribution is 2.73. The molecule has 344 valence electrons. The molecule has 1 amide bonds. The first-order valence-electron chi connectivity index (χ1n) is 22.1. The number of carbonyl (C=O) groups is 3. The molecule has 3 aliphatic rings. The van der Waals surface area contributed by atoms with Crippen molar-refractivity contribution in [1.29, 1.82) is 0 Å². The molecule has 0 spiro atoms. The number of aromatic nitrogens is 2. The number of carbonyl (C=O) groups excluding carboxylic acids is 3. The number of methoxy groups -OCH3 is 1. The average molecular weight is 938 g/mol. The van der Waals surface area contributed by atoms with Crippen molar-refractivity contribution in [2.45, 2.75) is 122 Å². The summed E-state index contributed by atoms with van der Waals surface area (Å²) in [5.74, 6) is -2.08. The third kappa shape index (κ3) is 10.4. The van der Waals surface area contributed by atoms with Crippen molar-refractivity contribution < 1.29 is 42.4 Å². The number of likely N-dealkylation sites (tertiary alicyclic amines) is 1. The zero-order valence-corrected chi connectivity index (χ0v) is 39.9. The number of esters is 1. The van der Waals surface area contributed by atoms with E-state index >= 15 is 4.79 Å². The lowest BCUT2D eigenvalue weighted by Crippen LogP contribution is -2.48. The number of amides is 1. The molecule has 1 aliphatic heterocycles. The molecule has 2 saturated carbocycles. The molecule has 7 rings (SSSR count). The van der Waals surface area contributed by atoms with Crippen LogP contribution in [0.15, 0.2) is 60.5 Å². The standard InChI is InChI=1S/C48H59ClFN4O8PS/c1-8-29-24-48(29,63(58,59)19-18-33-36(49)14-11-15-37(33)50)25-42(55)41-21-32(26-54(41)45(57)35(47(4,5)6)22-44(56)62-30-12-9-10-13-30)61-43-23-39(40-27-64-46(53-40)51-28(2)3)52-38-20-31(60-7)16-17-34(38)43/h8,11,14-17,20,23,27-30,32,35,41H,1,9-10,12-13,18-19,21-22,24-26H2,2-7H3,(H,51,53)(H,58,59)/t29-,32-,35-,41+,48-/m1/s1. The van der Waals surface area contributed by atoms with Crippen LogP contribution in [0.1, 0.15) is 91.5 Å². The Bertz CT molecular complexity index is 2430. The summed E-state index contributed by atoms with van der Waals surface area (Å²) in [5.41, 5.74) is 1.21. The summed E-state index contributed by atoms with van der Waals surface area (Å²) < 4.78 is 47.4.